The Morgan fingerprint density at radius 3 is 2.54 bits per heavy atom. The monoisotopic (exact) mass is 179 g/mol. The Kier molecular flexibility index (Phi) is 3.74. The van der Waals surface area contributed by atoms with E-state index in [1.165, 1.54) is 0 Å². The second-order valence-corrected chi connectivity index (χ2v) is 3.40. The lowest BCUT2D eigenvalue weighted by Gasteiger charge is -2.29. The number of hydrogen-bond donors (Lipinski definition) is 0. The summed E-state index contributed by atoms with van der Waals surface area (Å²) in [5.74, 6) is 0.750. The summed E-state index contributed by atoms with van der Waals surface area (Å²) in [6.45, 7) is 7.39. The van der Waals surface area contributed by atoms with Crippen LogP contribution in [0.2, 0.25) is 0 Å². The van der Waals surface area contributed by atoms with Crippen molar-refractivity contribution in [2.75, 3.05) is 13.1 Å². The maximum atomic E-state index is 11.4. The van der Waals surface area contributed by atoms with Gasteiger partial charge in [-0.25, -0.2) is 0 Å². The fourth-order valence-corrected chi connectivity index (χ4v) is 1.60. The molecule has 1 heterocycles. The predicted molar refractivity (Wildman–Crippen MR) is 54.3 cm³/mol. The Morgan fingerprint density at radius 2 is 2.08 bits per heavy atom. The van der Waals surface area contributed by atoms with Crippen LogP contribution in [0.25, 0.3) is 0 Å². The van der Waals surface area contributed by atoms with E-state index in [9.17, 15) is 4.79 Å². The molecule has 0 unspecified atom stereocenters. The first kappa shape index (κ1) is 10.0. The van der Waals surface area contributed by atoms with Gasteiger partial charge in [-0.1, -0.05) is 12.2 Å². The highest BCUT2D eigenvalue weighted by atomic mass is 16.2. The SMILES string of the molecule is C=CC1CCN(C(=O)/C=C/C)CC1. The number of amides is 1. The van der Waals surface area contributed by atoms with E-state index in [0.717, 1.165) is 25.9 Å². The molecule has 13 heavy (non-hydrogen) atoms. The number of rotatable bonds is 2. The number of likely N-dealkylation sites (tertiary alicyclic amines) is 1. The molecular weight excluding hydrogens is 162 g/mol. The molecule has 2 heteroatoms. The summed E-state index contributed by atoms with van der Waals surface area (Å²) in [6, 6.07) is 0. The van der Waals surface area contributed by atoms with Gasteiger partial charge in [0.05, 0.1) is 0 Å². The predicted octanol–water partition coefficient (Wildman–Crippen LogP) is 1.99. The van der Waals surface area contributed by atoms with Crippen LogP contribution in [0.4, 0.5) is 0 Å². The fourth-order valence-electron chi connectivity index (χ4n) is 1.60. The summed E-state index contributed by atoms with van der Waals surface area (Å²) >= 11 is 0. The van der Waals surface area contributed by atoms with Gasteiger partial charge in [-0.3, -0.25) is 4.79 Å². The van der Waals surface area contributed by atoms with E-state index in [1.807, 2.05) is 17.9 Å². The number of carbonyl (C=O) groups is 1. The van der Waals surface area contributed by atoms with Gasteiger partial charge >= 0.3 is 0 Å². The molecule has 1 amide bonds. The Balaban J connectivity index is 2.40. The van der Waals surface area contributed by atoms with E-state index in [1.54, 1.807) is 12.2 Å². The van der Waals surface area contributed by atoms with E-state index in [0.29, 0.717) is 5.92 Å². The van der Waals surface area contributed by atoms with Crippen molar-refractivity contribution >= 4 is 5.91 Å². The molecule has 0 aromatic rings. The van der Waals surface area contributed by atoms with Crippen LogP contribution in [0.5, 0.6) is 0 Å². The summed E-state index contributed by atoms with van der Waals surface area (Å²) in [6.07, 6.45) is 7.55. The molecule has 1 aliphatic rings. The molecule has 0 spiro atoms. The third-order valence-electron chi connectivity index (χ3n) is 2.49. The van der Waals surface area contributed by atoms with E-state index >= 15 is 0 Å². The number of carbonyl (C=O) groups excluding carboxylic acids is 1. The highest BCUT2D eigenvalue weighted by molar-refractivity contribution is 5.87. The molecule has 0 aliphatic carbocycles. The minimum atomic E-state index is 0.144. The van der Waals surface area contributed by atoms with Gasteiger partial charge in [-0.15, -0.1) is 6.58 Å². The zero-order chi connectivity index (χ0) is 9.68. The van der Waals surface area contributed by atoms with E-state index in [-0.39, 0.29) is 5.91 Å². The summed E-state index contributed by atoms with van der Waals surface area (Å²) in [4.78, 5) is 13.3. The molecule has 1 fully saturated rings. The van der Waals surface area contributed by atoms with Crippen molar-refractivity contribution in [3.8, 4) is 0 Å². The van der Waals surface area contributed by atoms with E-state index < -0.39 is 0 Å². The van der Waals surface area contributed by atoms with E-state index in [2.05, 4.69) is 6.58 Å². The lowest BCUT2D eigenvalue weighted by molar-refractivity contribution is -0.127. The van der Waals surface area contributed by atoms with Crippen LogP contribution in [0.15, 0.2) is 24.8 Å². The average molecular weight is 179 g/mol. The van der Waals surface area contributed by atoms with Crippen molar-refractivity contribution in [2.45, 2.75) is 19.8 Å². The summed E-state index contributed by atoms with van der Waals surface area (Å²) < 4.78 is 0. The molecule has 72 valence electrons. The van der Waals surface area contributed by atoms with Crippen molar-refractivity contribution in [3.63, 3.8) is 0 Å². The van der Waals surface area contributed by atoms with Crippen molar-refractivity contribution in [1.82, 2.24) is 4.90 Å². The molecule has 1 saturated heterocycles. The zero-order valence-corrected chi connectivity index (χ0v) is 8.20. The average Bonchev–Trinajstić information content (AvgIpc) is 2.18. The second kappa shape index (κ2) is 4.85. The van der Waals surface area contributed by atoms with Gasteiger partial charge in [-0.2, -0.15) is 0 Å². The van der Waals surface area contributed by atoms with Crippen LogP contribution in [0.3, 0.4) is 0 Å². The zero-order valence-electron chi connectivity index (χ0n) is 8.20. The first-order valence-electron chi connectivity index (χ1n) is 4.82. The number of nitrogens with zero attached hydrogens (tertiary/aromatic N) is 1. The van der Waals surface area contributed by atoms with Crippen LogP contribution in [0, 0.1) is 5.92 Å². The normalized spacial score (nSPS) is 19.3. The van der Waals surface area contributed by atoms with Gasteiger partial charge in [0.15, 0.2) is 0 Å². The molecule has 0 bridgehead atoms. The minimum absolute atomic E-state index is 0.144. The van der Waals surface area contributed by atoms with Gasteiger partial charge in [0.2, 0.25) is 5.91 Å². The Labute approximate surface area is 79.9 Å². The van der Waals surface area contributed by atoms with Gasteiger partial charge in [0.25, 0.3) is 0 Å². The van der Waals surface area contributed by atoms with Crippen molar-refractivity contribution in [2.24, 2.45) is 5.92 Å². The smallest absolute Gasteiger partial charge is 0.246 e. The fraction of sp³-hybridized carbons (Fsp3) is 0.545. The van der Waals surface area contributed by atoms with Crippen molar-refractivity contribution in [3.05, 3.63) is 24.8 Å². The number of hydrogen-bond acceptors (Lipinski definition) is 1. The lowest BCUT2D eigenvalue weighted by atomic mass is 9.97. The van der Waals surface area contributed by atoms with E-state index in [4.69, 9.17) is 0 Å². The number of piperidine rings is 1. The molecule has 0 aromatic carbocycles. The molecule has 1 aliphatic heterocycles. The molecule has 0 saturated carbocycles. The van der Waals surface area contributed by atoms with Crippen molar-refractivity contribution in [1.29, 1.82) is 0 Å². The summed E-state index contributed by atoms with van der Waals surface area (Å²) in [5.41, 5.74) is 0. The van der Waals surface area contributed by atoms with Gasteiger partial charge in [0, 0.05) is 13.1 Å². The van der Waals surface area contributed by atoms with Crippen molar-refractivity contribution < 1.29 is 4.79 Å². The van der Waals surface area contributed by atoms with Crippen LogP contribution < -0.4 is 0 Å². The second-order valence-electron chi connectivity index (χ2n) is 3.40. The van der Waals surface area contributed by atoms with Crippen LogP contribution >= 0.6 is 0 Å². The van der Waals surface area contributed by atoms with Crippen LogP contribution in [-0.4, -0.2) is 23.9 Å². The molecule has 0 atom stereocenters. The maximum Gasteiger partial charge on any atom is 0.246 e. The molecule has 0 N–H and O–H groups in total. The standard InChI is InChI=1S/C11H17NO/c1-3-5-11(13)12-8-6-10(4-2)7-9-12/h3-5,10H,2,6-9H2,1H3/b5-3+. The molecular formula is C11H17NO. The van der Waals surface area contributed by atoms with Gasteiger partial charge in [-0.05, 0) is 31.8 Å². The third kappa shape index (κ3) is 2.72. The third-order valence-corrected chi connectivity index (χ3v) is 2.49. The first-order valence-corrected chi connectivity index (χ1v) is 4.82. The molecule has 0 aromatic heterocycles. The Morgan fingerprint density at radius 1 is 1.46 bits per heavy atom. The number of allylic oxidation sites excluding steroid dienone is 2. The van der Waals surface area contributed by atoms with Gasteiger partial charge < -0.3 is 4.90 Å². The molecule has 1 rings (SSSR count). The van der Waals surface area contributed by atoms with Crippen LogP contribution in [-0.2, 0) is 4.79 Å². The minimum Gasteiger partial charge on any atom is -0.339 e. The van der Waals surface area contributed by atoms with Gasteiger partial charge in [0.1, 0.15) is 0 Å². The highest BCUT2D eigenvalue weighted by Crippen LogP contribution is 2.17. The molecule has 2 nitrogen and oxygen atoms in total. The largest absolute Gasteiger partial charge is 0.339 e. The Hall–Kier alpha value is -1.05. The quantitative estimate of drug-likeness (QED) is 0.469. The topological polar surface area (TPSA) is 20.3 Å². The lowest BCUT2D eigenvalue weighted by Crippen LogP contribution is -2.37. The Bertz CT molecular complexity index is 212. The summed E-state index contributed by atoms with van der Waals surface area (Å²) in [7, 11) is 0. The first-order chi connectivity index (χ1) is 6.27. The summed E-state index contributed by atoms with van der Waals surface area (Å²) in [5, 5.41) is 0. The highest BCUT2D eigenvalue weighted by Gasteiger charge is 2.18. The molecule has 0 radical (unpaired) electrons. The van der Waals surface area contributed by atoms with Crippen LogP contribution in [0.1, 0.15) is 19.8 Å². The maximum absolute atomic E-state index is 11.4.